The van der Waals surface area contributed by atoms with Crippen LogP contribution >= 0.6 is 23.2 Å². The fourth-order valence-corrected chi connectivity index (χ4v) is 2.05. The van der Waals surface area contributed by atoms with Gasteiger partial charge < -0.3 is 9.84 Å². The van der Waals surface area contributed by atoms with Crippen LogP contribution in [0.4, 0.5) is 0 Å². The van der Waals surface area contributed by atoms with E-state index in [9.17, 15) is 5.11 Å². The van der Waals surface area contributed by atoms with E-state index in [-0.39, 0.29) is 5.60 Å². The zero-order chi connectivity index (χ0) is 13.1. The number of benzene rings is 1. The summed E-state index contributed by atoms with van der Waals surface area (Å²) in [5.41, 5.74) is 0.475. The van der Waals surface area contributed by atoms with E-state index in [0.29, 0.717) is 22.0 Å². The normalized spacial score (nSPS) is 13.8. The Kier molecular flexibility index (Phi) is 5.26. The van der Waals surface area contributed by atoms with Gasteiger partial charge in [0.15, 0.2) is 0 Å². The molecule has 0 fully saturated rings. The van der Waals surface area contributed by atoms with Crippen molar-refractivity contribution in [1.82, 2.24) is 0 Å². The highest BCUT2D eigenvalue weighted by Crippen LogP contribution is 2.30. The number of hydrogen-bond donors (Lipinski definition) is 1. The molecule has 0 aromatic heterocycles. The van der Waals surface area contributed by atoms with Gasteiger partial charge in [-0.3, -0.25) is 0 Å². The van der Waals surface area contributed by atoms with Gasteiger partial charge in [0.1, 0.15) is 0 Å². The quantitative estimate of drug-likeness (QED) is 0.872. The maximum Gasteiger partial charge on any atom is 0.0805 e. The molecule has 0 bridgehead atoms. The fraction of sp³-hybridized carbons (Fsp3) is 0.538. The van der Waals surface area contributed by atoms with E-state index >= 15 is 0 Å². The van der Waals surface area contributed by atoms with Crippen LogP contribution in [0.3, 0.4) is 0 Å². The Morgan fingerprint density at radius 3 is 2.53 bits per heavy atom. The van der Waals surface area contributed by atoms with Crippen LogP contribution in [-0.4, -0.2) is 17.8 Å². The second kappa shape index (κ2) is 6.05. The number of aliphatic hydroxyl groups is 1. The topological polar surface area (TPSA) is 29.5 Å². The van der Waals surface area contributed by atoms with E-state index in [2.05, 4.69) is 0 Å². The molecule has 4 heteroatoms. The molecule has 1 atom stereocenters. The first-order chi connectivity index (χ1) is 7.85. The Morgan fingerprint density at radius 2 is 2.00 bits per heavy atom. The minimum Gasteiger partial charge on any atom is -0.388 e. The molecule has 0 amide bonds. The monoisotopic (exact) mass is 276 g/mol. The summed E-state index contributed by atoms with van der Waals surface area (Å²) in [6, 6.07) is 5.13. The van der Waals surface area contributed by atoms with Crippen LogP contribution in [0.5, 0.6) is 0 Å². The van der Waals surface area contributed by atoms with Gasteiger partial charge in [-0.05, 0) is 44.4 Å². The van der Waals surface area contributed by atoms with Crippen LogP contribution in [-0.2, 0) is 4.74 Å². The molecule has 1 N–H and O–H groups in total. The van der Waals surface area contributed by atoms with Gasteiger partial charge in [0.25, 0.3) is 0 Å². The van der Waals surface area contributed by atoms with Gasteiger partial charge in [-0.2, -0.15) is 0 Å². The standard InChI is InChI=1S/C13H18Cl2O2/c1-13(2,17-3)7-6-12(16)10-5-4-9(14)8-11(10)15/h4-5,8,12,16H,6-7H2,1-3H3. The lowest BCUT2D eigenvalue weighted by atomic mass is 9.97. The molecule has 2 nitrogen and oxygen atoms in total. The molecule has 0 saturated heterocycles. The molecule has 17 heavy (non-hydrogen) atoms. The second-order valence-electron chi connectivity index (χ2n) is 4.68. The summed E-state index contributed by atoms with van der Waals surface area (Å²) in [4.78, 5) is 0. The van der Waals surface area contributed by atoms with E-state index in [1.807, 2.05) is 13.8 Å². The van der Waals surface area contributed by atoms with Crippen LogP contribution < -0.4 is 0 Å². The molecule has 96 valence electrons. The summed E-state index contributed by atoms with van der Waals surface area (Å²) in [6.07, 6.45) is 0.764. The van der Waals surface area contributed by atoms with E-state index < -0.39 is 6.10 Å². The minimum atomic E-state index is -0.589. The van der Waals surface area contributed by atoms with Gasteiger partial charge in [0.05, 0.1) is 11.7 Å². The smallest absolute Gasteiger partial charge is 0.0805 e. The maximum atomic E-state index is 10.1. The summed E-state index contributed by atoms with van der Waals surface area (Å²) in [5.74, 6) is 0. The van der Waals surface area contributed by atoms with E-state index in [0.717, 1.165) is 6.42 Å². The highest BCUT2D eigenvalue weighted by Gasteiger charge is 2.20. The van der Waals surface area contributed by atoms with Gasteiger partial charge in [-0.15, -0.1) is 0 Å². The van der Waals surface area contributed by atoms with Crippen molar-refractivity contribution in [1.29, 1.82) is 0 Å². The first-order valence-electron chi connectivity index (χ1n) is 5.54. The third-order valence-corrected chi connectivity index (χ3v) is 3.46. The summed E-state index contributed by atoms with van der Waals surface area (Å²) >= 11 is 11.8. The predicted molar refractivity (Wildman–Crippen MR) is 71.7 cm³/mol. The van der Waals surface area contributed by atoms with E-state index in [4.69, 9.17) is 27.9 Å². The average Bonchev–Trinajstić information content (AvgIpc) is 2.26. The van der Waals surface area contributed by atoms with Crippen LogP contribution in [0.1, 0.15) is 38.4 Å². The molecule has 0 aliphatic rings. The summed E-state index contributed by atoms with van der Waals surface area (Å²) in [6.45, 7) is 3.98. The molecular formula is C13H18Cl2O2. The number of rotatable bonds is 5. The molecule has 0 aliphatic carbocycles. The van der Waals surface area contributed by atoms with Crippen LogP contribution in [0.25, 0.3) is 0 Å². The van der Waals surface area contributed by atoms with E-state index in [1.54, 1.807) is 25.3 Å². The first-order valence-corrected chi connectivity index (χ1v) is 6.29. The van der Waals surface area contributed by atoms with Crippen LogP contribution in [0.2, 0.25) is 10.0 Å². The maximum absolute atomic E-state index is 10.1. The molecule has 0 saturated carbocycles. The number of aliphatic hydroxyl groups excluding tert-OH is 1. The molecule has 1 rings (SSSR count). The molecule has 0 aliphatic heterocycles. The number of halogens is 2. The van der Waals surface area contributed by atoms with Gasteiger partial charge in [-0.1, -0.05) is 29.3 Å². The third-order valence-electron chi connectivity index (χ3n) is 2.89. The van der Waals surface area contributed by atoms with Crippen molar-refractivity contribution in [2.45, 2.75) is 38.4 Å². The number of ether oxygens (including phenoxy) is 1. The van der Waals surface area contributed by atoms with Crippen LogP contribution in [0.15, 0.2) is 18.2 Å². The van der Waals surface area contributed by atoms with Crippen molar-refractivity contribution in [3.63, 3.8) is 0 Å². The predicted octanol–water partition coefficient (Wildman–Crippen LogP) is 4.23. The molecule has 0 spiro atoms. The first kappa shape index (κ1) is 14.8. The highest BCUT2D eigenvalue weighted by atomic mass is 35.5. The van der Waals surface area contributed by atoms with Gasteiger partial charge >= 0.3 is 0 Å². The zero-order valence-electron chi connectivity index (χ0n) is 10.3. The van der Waals surface area contributed by atoms with Crippen molar-refractivity contribution >= 4 is 23.2 Å². The van der Waals surface area contributed by atoms with Crippen molar-refractivity contribution in [3.8, 4) is 0 Å². The number of hydrogen-bond acceptors (Lipinski definition) is 2. The lowest BCUT2D eigenvalue weighted by Crippen LogP contribution is -2.23. The van der Waals surface area contributed by atoms with Crippen LogP contribution in [0, 0.1) is 0 Å². The Hall–Kier alpha value is -0.280. The van der Waals surface area contributed by atoms with Gasteiger partial charge in [-0.25, -0.2) is 0 Å². The van der Waals surface area contributed by atoms with Crippen molar-refractivity contribution in [2.75, 3.05) is 7.11 Å². The Bertz CT molecular complexity index is 378. The molecule has 1 aromatic carbocycles. The lowest BCUT2D eigenvalue weighted by Gasteiger charge is -2.24. The largest absolute Gasteiger partial charge is 0.388 e. The summed E-state index contributed by atoms with van der Waals surface area (Å²) in [7, 11) is 1.67. The molecule has 1 aromatic rings. The van der Waals surface area contributed by atoms with Crippen molar-refractivity contribution in [2.24, 2.45) is 0 Å². The lowest BCUT2D eigenvalue weighted by molar-refractivity contribution is 0.00279. The summed E-state index contributed by atoms with van der Waals surface area (Å²) < 4.78 is 5.31. The van der Waals surface area contributed by atoms with Gasteiger partial charge in [0.2, 0.25) is 0 Å². The molecule has 1 unspecified atom stereocenters. The molecular weight excluding hydrogens is 259 g/mol. The van der Waals surface area contributed by atoms with Crippen molar-refractivity contribution < 1.29 is 9.84 Å². The highest BCUT2D eigenvalue weighted by molar-refractivity contribution is 6.35. The second-order valence-corrected chi connectivity index (χ2v) is 5.53. The van der Waals surface area contributed by atoms with E-state index in [1.165, 1.54) is 0 Å². The Balaban J connectivity index is 2.67. The fourth-order valence-electron chi connectivity index (χ4n) is 1.51. The minimum absolute atomic E-state index is 0.236. The van der Waals surface area contributed by atoms with Gasteiger partial charge in [0, 0.05) is 17.2 Å². The molecule has 0 heterocycles. The average molecular weight is 277 g/mol. The zero-order valence-corrected chi connectivity index (χ0v) is 11.8. The Labute approximate surface area is 113 Å². The number of methoxy groups -OCH3 is 1. The third kappa shape index (κ3) is 4.47. The van der Waals surface area contributed by atoms with Crippen molar-refractivity contribution in [3.05, 3.63) is 33.8 Å². The molecule has 0 radical (unpaired) electrons. The summed E-state index contributed by atoms with van der Waals surface area (Å²) in [5, 5.41) is 11.1. The SMILES string of the molecule is COC(C)(C)CCC(O)c1ccc(Cl)cc1Cl. The Morgan fingerprint density at radius 1 is 1.35 bits per heavy atom.